The van der Waals surface area contributed by atoms with E-state index in [9.17, 15) is 9.59 Å². The molecule has 1 aliphatic carbocycles. The largest absolute Gasteiger partial charge is 0.481 e. The zero-order valence-corrected chi connectivity index (χ0v) is 12.3. The molecule has 1 heterocycles. The molecule has 7 heteroatoms. The van der Waals surface area contributed by atoms with Crippen molar-refractivity contribution in [2.75, 3.05) is 6.54 Å². The molecule has 0 unspecified atom stereocenters. The van der Waals surface area contributed by atoms with Crippen LogP contribution in [0.1, 0.15) is 23.3 Å². The Morgan fingerprint density at radius 3 is 2.73 bits per heavy atom. The molecule has 114 valence electrons. The number of halogens is 1. The molecule has 0 spiro atoms. The number of aliphatic carboxylic acids is 1. The molecule has 0 aliphatic heterocycles. The van der Waals surface area contributed by atoms with Crippen LogP contribution in [0.5, 0.6) is 0 Å². The Labute approximate surface area is 131 Å². The average Bonchev–Trinajstić information content (AvgIpc) is 3.15. The first kappa shape index (κ1) is 14.6. The van der Waals surface area contributed by atoms with E-state index in [1.807, 2.05) is 0 Å². The van der Waals surface area contributed by atoms with Crippen molar-refractivity contribution in [3.63, 3.8) is 0 Å². The van der Waals surface area contributed by atoms with E-state index in [4.69, 9.17) is 21.2 Å². The third-order valence-electron chi connectivity index (χ3n) is 3.78. The van der Waals surface area contributed by atoms with Gasteiger partial charge in [-0.2, -0.15) is 0 Å². The fourth-order valence-electron chi connectivity index (χ4n) is 2.13. The van der Waals surface area contributed by atoms with Gasteiger partial charge in [0, 0.05) is 18.2 Å². The van der Waals surface area contributed by atoms with E-state index in [0.717, 1.165) is 0 Å². The maximum atomic E-state index is 12.0. The van der Waals surface area contributed by atoms with Gasteiger partial charge in [-0.25, -0.2) is 0 Å². The van der Waals surface area contributed by atoms with Crippen molar-refractivity contribution in [2.24, 2.45) is 5.41 Å². The van der Waals surface area contributed by atoms with Crippen LogP contribution in [-0.2, 0) is 4.79 Å². The highest BCUT2D eigenvalue weighted by Gasteiger charge is 2.50. The van der Waals surface area contributed by atoms with Gasteiger partial charge in [0.2, 0.25) is 0 Å². The number of nitrogens with zero attached hydrogens (tertiary/aromatic N) is 1. The summed E-state index contributed by atoms with van der Waals surface area (Å²) in [4.78, 5) is 23.1. The highest BCUT2D eigenvalue weighted by atomic mass is 35.5. The summed E-state index contributed by atoms with van der Waals surface area (Å²) in [6, 6.07) is 8.54. The third kappa shape index (κ3) is 2.69. The van der Waals surface area contributed by atoms with Crippen LogP contribution in [0, 0.1) is 5.41 Å². The topological polar surface area (TPSA) is 92.4 Å². The van der Waals surface area contributed by atoms with Crippen molar-refractivity contribution in [2.45, 2.75) is 12.8 Å². The van der Waals surface area contributed by atoms with Crippen LogP contribution in [0.25, 0.3) is 11.3 Å². The summed E-state index contributed by atoms with van der Waals surface area (Å²) in [5.74, 6) is -0.964. The molecule has 0 saturated heterocycles. The second-order valence-corrected chi connectivity index (χ2v) is 5.73. The molecule has 22 heavy (non-hydrogen) atoms. The highest BCUT2D eigenvalue weighted by Crippen LogP contribution is 2.45. The van der Waals surface area contributed by atoms with Crippen LogP contribution in [0.3, 0.4) is 0 Å². The first-order chi connectivity index (χ1) is 10.5. The number of carbonyl (C=O) groups is 2. The number of rotatable bonds is 5. The molecule has 1 fully saturated rings. The lowest BCUT2D eigenvalue weighted by atomic mass is 10.1. The molecular formula is C15H13ClN2O4. The number of hydrogen-bond acceptors (Lipinski definition) is 4. The van der Waals surface area contributed by atoms with E-state index in [-0.39, 0.29) is 12.2 Å². The molecule has 6 nitrogen and oxygen atoms in total. The summed E-state index contributed by atoms with van der Waals surface area (Å²) in [7, 11) is 0. The zero-order chi connectivity index (χ0) is 15.7. The Kier molecular flexibility index (Phi) is 3.62. The van der Waals surface area contributed by atoms with Gasteiger partial charge in [-0.15, -0.1) is 0 Å². The fraction of sp³-hybridized carbons (Fsp3) is 0.267. The normalized spacial score (nSPS) is 15.3. The van der Waals surface area contributed by atoms with Crippen LogP contribution >= 0.6 is 11.6 Å². The summed E-state index contributed by atoms with van der Waals surface area (Å²) in [5.41, 5.74) is -0.0821. The van der Waals surface area contributed by atoms with Gasteiger partial charge in [-0.1, -0.05) is 28.9 Å². The Morgan fingerprint density at radius 2 is 2.09 bits per heavy atom. The smallest absolute Gasteiger partial charge is 0.311 e. The van der Waals surface area contributed by atoms with E-state index in [1.54, 1.807) is 24.3 Å². The van der Waals surface area contributed by atoms with Gasteiger partial charge in [-0.3, -0.25) is 9.59 Å². The number of carbonyl (C=O) groups excluding carboxylic acids is 1. The van der Waals surface area contributed by atoms with Gasteiger partial charge in [0.15, 0.2) is 11.5 Å². The van der Waals surface area contributed by atoms with E-state index >= 15 is 0 Å². The standard InChI is InChI=1S/C15H13ClN2O4/c16-10-4-2-1-3-9(10)12-7-11(18-22-12)13(19)17-8-15(5-6-15)14(20)21/h1-4,7H,5-6,8H2,(H,17,19)(H,20,21). The maximum absolute atomic E-state index is 12.0. The molecule has 1 saturated carbocycles. The van der Waals surface area contributed by atoms with Gasteiger partial charge in [-0.05, 0) is 25.0 Å². The van der Waals surface area contributed by atoms with Crippen LogP contribution < -0.4 is 5.32 Å². The number of hydrogen-bond donors (Lipinski definition) is 2. The van der Waals surface area contributed by atoms with Crippen molar-refractivity contribution in [3.05, 3.63) is 41.0 Å². The highest BCUT2D eigenvalue weighted by molar-refractivity contribution is 6.33. The fourth-order valence-corrected chi connectivity index (χ4v) is 2.36. The Morgan fingerprint density at radius 1 is 1.36 bits per heavy atom. The Bertz CT molecular complexity index is 737. The molecule has 2 N–H and O–H groups in total. The van der Waals surface area contributed by atoms with Gasteiger partial charge in [0.05, 0.1) is 10.4 Å². The summed E-state index contributed by atoms with van der Waals surface area (Å²) < 4.78 is 5.14. The average molecular weight is 321 g/mol. The maximum Gasteiger partial charge on any atom is 0.311 e. The first-order valence-corrected chi connectivity index (χ1v) is 7.13. The van der Waals surface area contributed by atoms with Crippen LogP contribution in [-0.4, -0.2) is 28.7 Å². The van der Waals surface area contributed by atoms with E-state index in [2.05, 4.69) is 10.5 Å². The molecule has 0 radical (unpaired) electrons. The van der Waals surface area contributed by atoms with Crippen LogP contribution in [0.2, 0.25) is 5.02 Å². The van der Waals surface area contributed by atoms with Crippen LogP contribution in [0.4, 0.5) is 0 Å². The molecule has 1 aromatic carbocycles. The van der Waals surface area contributed by atoms with Crippen molar-refractivity contribution in [1.29, 1.82) is 0 Å². The first-order valence-electron chi connectivity index (χ1n) is 6.75. The number of benzene rings is 1. The molecule has 1 amide bonds. The SMILES string of the molecule is O=C(NCC1(C(=O)O)CC1)c1cc(-c2ccccc2Cl)on1. The summed E-state index contributed by atoms with van der Waals surface area (Å²) in [6.07, 6.45) is 1.15. The summed E-state index contributed by atoms with van der Waals surface area (Å²) >= 11 is 6.06. The predicted molar refractivity (Wildman–Crippen MR) is 78.6 cm³/mol. The molecular weight excluding hydrogens is 308 g/mol. The molecule has 1 aliphatic rings. The van der Waals surface area contributed by atoms with E-state index in [0.29, 0.717) is 29.2 Å². The van der Waals surface area contributed by atoms with Crippen LogP contribution in [0.15, 0.2) is 34.9 Å². The summed E-state index contributed by atoms with van der Waals surface area (Å²) in [5, 5.41) is 15.9. The number of carboxylic acid groups (broad SMARTS) is 1. The summed E-state index contributed by atoms with van der Waals surface area (Å²) in [6.45, 7) is 0.0927. The van der Waals surface area contributed by atoms with Gasteiger partial charge in [0.25, 0.3) is 5.91 Å². The molecule has 0 atom stereocenters. The predicted octanol–water partition coefficient (Wildman–Crippen LogP) is 2.59. The number of carboxylic acids is 1. The molecule has 0 bridgehead atoms. The lowest BCUT2D eigenvalue weighted by Gasteiger charge is -2.09. The lowest BCUT2D eigenvalue weighted by Crippen LogP contribution is -2.34. The van der Waals surface area contributed by atoms with E-state index in [1.165, 1.54) is 6.07 Å². The molecule has 1 aromatic heterocycles. The van der Waals surface area contributed by atoms with Crippen molar-refractivity contribution < 1.29 is 19.2 Å². The number of amides is 1. The second-order valence-electron chi connectivity index (χ2n) is 5.32. The van der Waals surface area contributed by atoms with Gasteiger partial charge < -0.3 is 14.9 Å². The van der Waals surface area contributed by atoms with E-state index < -0.39 is 17.3 Å². The van der Waals surface area contributed by atoms with Gasteiger partial charge >= 0.3 is 5.97 Å². The Hall–Kier alpha value is -2.34. The zero-order valence-electron chi connectivity index (χ0n) is 11.5. The molecule has 2 aromatic rings. The molecule has 3 rings (SSSR count). The Balaban J connectivity index is 1.70. The quantitative estimate of drug-likeness (QED) is 0.883. The number of nitrogens with one attached hydrogen (secondary N) is 1. The third-order valence-corrected chi connectivity index (χ3v) is 4.11. The lowest BCUT2D eigenvalue weighted by molar-refractivity contribution is -0.143. The minimum atomic E-state index is -0.885. The number of aromatic nitrogens is 1. The van der Waals surface area contributed by atoms with Crippen molar-refractivity contribution in [1.82, 2.24) is 10.5 Å². The van der Waals surface area contributed by atoms with Crippen molar-refractivity contribution >= 4 is 23.5 Å². The second kappa shape index (κ2) is 5.46. The van der Waals surface area contributed by atoms with Crippen molar-refractivity contribution in [3.8, 4) is 11.3 Å². The van der Waals surface area contributed by atoms with Gasteiger partial charge in [0.1, 0.15) is 0 Å². The minimum absolute atomic E-state index is 0.0927. The minimum Gasteiger partial charge on any atom is -0.481 e. The monoisotopic (exact) mass is 320 g/mol.